The number of ether oxygens (including phenoxy) is 2. The van der Waals surface area contributed by atoms with Crippen molar-refractivity contribution < 1.29 is 23.9 Å². The fourth-order valence-corrected chi connectivity index (χ4v) is 2.94. The van der Waals surface area contributed by atoms with Gasteiger partial charge in [0.15, 0.2) is 11.5 Å². The Labute approximate surface area is 178 Å². The van der Waals surface area contributed by atoms with Crippen molar-refractivity contribution >= 4 is 29.3 Å². The molecule has 1 aliphatic rings. The highest BCUT2D eigenvalue weighted by atomic mass is 35.5. The topological polar surface area (TPSA) is 106 Å². The first kappa shape index (κ1) is 21.4. The molecule has 3 N–H and O–H groups in total. The van der Waals surface area contributed by atoms with E-state index in [-0.39, 0.29) is 5.92 Å². The van der Waals surface area contributed by atoms with Crippen molar-refractivity contribution in [3.63, 3.8) is 0 Å². The molecule has 158 valence electrons. The van der Waals surface area contributed by atoms with Gasteiger partial charge in [-0.3, -0.25) is 25.2 Å². The van der Waals surface area contributed by atoms with E-state index in [0.717, 1.165) is 0 Å². The van der Waals surface area contributed by atoms with E-state index in [0.29, 0.717) is 40.9 Å². The summed E-state index contributed by atoms with van der Waals surface area (Å²) in [4.78, 5) is 37.4. The van der Waals surface area contributed by atoms with E-state index in [1.807, 2.05) is 0 Å². The predicted octanol–water partition coefficient (Wildman–Crippen LogP) is 2.33. The van der Waals surface area contributed by atoms with Crippen molar-refractivity contribution in [2.24, 2.45) is 5.92 Å². The summed E-state index contributed by atoms with van der Waals surface area (Å²) < 4.78 is 10.9. The number of fused-ring (bicyclic) bond motifs is 1. The predicted molar refractivity (Wildman–Crippen MR) is 111 cm³/mol. The Balaban J connectivity index is 1.60. The van der Waals surface area contributed by atoms with E-state index in [1.54, 1.807) is 50.2 Å². The van der Waals surface area contributed by atoms with Crippen LogP contribution in [-0.2, 0) is 4.79 Å². The van der Waals surface area contributed by atoms with E-state index >= 15 is 0 Å². The molecular weight excluding hydrogens is 410 g/mol. The molecule has 2 aromatic carbocycles. The molecule has 1 heterocycles. The van der Waals surface area contributed by atoms with Gasteiger partial charge in [-0.25, -0.2) is 0 Å². The molecule has 0 bridgehead atoms. The summed E-state index contributed by atoms with van der Waals surface area (Å²) in [5.41, 5.74) is 5.39. The second kappa shape index (κ2) is 9.49. The molecule has 0 unspecified atom stereocenters. The third-order valence-electron chi connectivity index (χ3n) is 4.45. The van der Waals surface area contributed by atoms with Gasteiger partial charge in [-0.15, -0.1) is 0 Å². The first-order valence-corrected chi connectivity index (χ1v) is 9.79. The van der Waals surface area contributed by atoms with Gasteiger partial charge in [-0.1, -0.05) is 25.4 Å². The van der Waals surface area contributed by atoms with Crippen molar-refractivity contribution in [2.75, 3.05) is 13.2 Å². The molecule has 3 rings (SSSR count). The number of hydrogen-bond acceptors (Lipinski definition) is 5. The number of amides is 3. The van der Waals surface area contributed by atoms with E-state index in [4.69, 9.17) is 21.1 Å². The summed E-state index contributed by atoms with van der Waals surface area (Å²) in [6.45, 7) is 4.43. The van der Waals surface area contributed by atoms with Gasteiger partial charge in [0.2, 0.25) is 0 Å². The average molecular weight is 432 g/mol. The van der Waals surface area contributed by atoms with Gasteiger partial charge in [-0.2, -0.15) is 0 Å². The number of carbonyl (C=O) groups excluding carboxylic acids is 3. The zero-order chi connectivity index (χ0) is 21.7. The van der Waals surface area contributed by atoms with Crippen molar-refractivity contribution in [1.82, 2.24) is 16.2 Å². The number of nitrogens with one attached hydrogen (secondary N) is 3. The second-order valence-corrected chi connectivity index (χ2v) is 7.44. The lowest BCUT2D eigenvalue weighted by molar-refractivity contribution is -0.124. The number of halogens is 1. The minimum Gasteiger partial charge on any atom is -0.486 e. The van der Waals surface area contributed by atoms with Gasteiger partial charge < -0.3 is 14.8 Å². The van der Waals surface area contributed by atoms with Crippen LogP contribution in [0.4, 0.5) is 0 Å². The molecule has 2 aromatic rings. The van der Waals surface area contributed by atoms with Gasteiger partial charge in [0.25, 0.3) is 17.7 Å². The summed E-state index contributed by atoms with van der Waals surface area (Å²) in [5, 5.41) is 3.18. The fourth-order valence-electron chi connectivity index (χ4n) is 2.81. The van der Waals surface area contributed by atoms with Crippen LogP contribution in [0.15, 0.2) is 42.5 Å². The molecule has 3 amide bonds. The van der Waals surface area contributed by atoms with Crippen LogP contribution in [0.2, 0.25) is 5.02 Å². The van der Waals surface area contributed by atoms with E-state index in [1.165, 1.54) is 6.07 Å². The largest absolute Gasteiger partial charge is 0.486 e. The molecule has 0 spiro atoms. The first-order chi connectivity index (χ1) is 14.3. The number of benzene rings is 2. The smallest absolute Gasteiger partial charge is 0.269 e. The van der Waals surface area contributed by atoms with Gasteiger partial charge in [0, 0.05) is 16.1 Å². The van der Waals surface area contributed by atoms with E-state index < -0.39 is 23.8 Å². The molecule has 1 aliphatic heterocycles. The monoisotopic (exact) mass is 431 g/mol. The molecule has 8 nitrogen and oxygen atoms in total. The third-order valence-corrected chi connectivity index (χ3v) is 4.70. The summed E-state index contributed by atoms with van der Waals surface area (Å²) in [6.07, 6.45) is 0. The fraction of sp³-hybridized carbons (Fsp3) is 0.286. The van der Waals surface area contributed by atoms with Crippen LogP contribution in [0, 0.1) is 5.92 Å². The molecule has 0 fully saturated rings. The molecular formula is C21H22ClN3O5. The van der Waals surface area contributed by atoms with Crippen LogP contribution in [0.25, 0.3) is 0 Å². The van der Waals surface area contributed by atoms with Gasteiger partial charge >= 0.3 is 0 Å². The minimum atomic E-state index is -0.853. The summed E-state index contributed by atoms with van der Waals surface area (Å²) in [5.74, 6) is -0.668. The number of hydrogen-bond donors (Lipinski definition) is 3. The average Bonchev–Trinajstić information content (AvgIpc) is 2.75. The zero-order valence-corrected chi connectivity index (χ0v) is 17.3. The van der Waals surface area contributed by atoms with Crippen molar-refractivity contribution in [2.45, 2.75) is 19.9 Å². The Hall–Kier alpha value is -3.26. The molecule has 1 atom stereocenters. The Morgan fingerprint density at radius 1 is 0.867 bits per heavy atom. The highest BCUT2D eigenvalue weighted by Crippen LogP contribution is 2.30. The quantitative estimate of drug-likeness (QED) is 0.630. The van der Waals surface area contributed by atoms with Crippen LogP contribution in [-0.4, -0.2) is 37.0 Å². The Morgan fingerprint density at radius 3 is 2.17 bits per heavy atom. The maximum Gasteiger partial charge on any atom is 0.269 e. The Morgan fingerprint density at radius 2 is 1.50 bits per heavy atom. The van der Waals surface area contributed by atoms with Gasteiger partial charge in [0.1, 0.15) is 19.3 Å². The molecule has 0 aromatic heterocycles. The number of carbonyl (C=O) groups is 3. The third kappa shape index (κ3) is 5.21. The van der Waals surface area contributed by atoms with Crippen molar-refractivity contribution in [3.8, 4) is 11.5 Å². The minimum absolute atomic E-state index is 0.215. The number of hydrazine groups is 1. The molecule has 0 radical (unpaired) electrons. The van der Waals surface area contributed by atoms with Crippen LogP contribution >= 0.6 is 11.6 Å². The summed E-state index contributed by atoms with van der Waals surface area (Å²) in [7, 11) is 0. The first-order valence-electron chi connectivity index (χ1n) is 9.41. The highest BCUT2D eigenvalue weighted by Gasteiger charge is 2.25. The summed E-state index contributed by atoms with van der Waals surface area (Å²) in [6, 6.07) is 10.2. The SMILES string of the molecule is CC(C)[C@H](NC(=O)c1ccc(Cl)cc1)C(=O)NNC(=O)c1ccc2c(c1)OCCO2. The highest BCUT2D eigenvalue weighted by molar-refractivity contribution is 6.30. The number of rotatable bonds is 5. The lowest BCUT2D eigenvalue weighted by Crippen LogP contribution is -2.54. The second-order valence-electron chi connectivity index (χ2n) is 7.00. The van der Waals surface area contributed by atoms with E-state index in [2.05, 4.69) is 16.2 Å². The van der Waals surface area contributed by atoms with Crippen LogP contribution in [0.1, 0.15) is 34.6 Å². The van der Waals surface area contributed by atoms with Crippen LogP contribution in [0.5, 0.6) is 11.5 Å². The molecule has 0 saturated heterocycles. The van der Waals surface area contributed by atoms with Gasteiger partial charge in [-0.05, 0) is 48.4 Å². The molecule has 9 heteroatoms. The molecule has 30 heavy (non-hydrogen) atoms. The zero-order valence-electron chi connectivity index (χ0n) is 16.5. The van der Waals surface area contributed by atoms with Crippen LogP contribution in [0.3, 0.4) is 0 Å². The maximum absolute atomic E-state index is 12.6. The van der Waals surface area contributed by atoms with E-state index in [9.17, 15) is 14.4 Å². The van der Waals surface area contributed by atoms with Crippen LogP contribution < -0.4 is 25.6 Å². The lowest BCUT2D eigenvalue weighted by Gasteiger charge is -2.22. The molecule has 0 saturated carbocycles. The lowest BCUT2D eigenvalue weighted by atomic mass is 10.0. The van der Waals surface area contributed by atoms with Crippen molar-refractivity contribution in [3.05, 3.63) is 58.6 Å². The Kier molecular flexibility index (Phi) is 6.79. The summed E-state index contributed by atoms with van der Waals surface area (Å²) >= 11 is 5.83. The Bertz CT molecular complexity index is 946. The maximum atomic E-state index is 12.6. The van der Waals surface area contributed by atoms with Gasteiger partial charge in [0.05, 0.1) is 0 Å². The normalized spacial score (nSPS) is 13.3. The standard InChI is InChI=1S/C21H22ClN3O5/c1-12(2)18(23-19(26)13-3-6-15(22)7-4-13)21(28)25-24-20(27)14-5-8-16-17(11-14)30-10-9-29-16/h3-8,11-12,18H,9-10H2,1-2H3,(H,23,26)(H,24,27)(H,25,28)/t18-/m0/s1. The molecule has 0 aliphatic carbocycles. The van der Waals surface area contributed by atoms with Crippen molar-refractivity contribution in [1.29, 1.82) is 0 Å².